The second-order valence-corrected chi connectivity index (χ2v) is 8.25. The molecule has 1 heterocycles. The van der Waals surface area contributed by atoms with Crippen LogP contribution in [0.15, 0.2) is 53.5 Å². The van der Waals surface area contributed by atoms with E-state index in [2.05, 4.69) is 5.32 Å². The number of benzene rings is 2. The average Bonchev–Trinajstić information content (AvgIpc) is 3.64. The minimum atomic E-state index is -1.58. The van der Waals surface area contributed by atoms with Crippen LogP contribution in [0.3, 0.4) is 0 Å². The number of nitrogens with one attached hydrogen (secondary N) is 1. The van der Waals surface area contributed by atoms with Gasteiger partial charge in [-0.3, -0.25) is 9.59 Å². The van der Waals surface area contributed by atoms with Crippen molar-refractivity contribution in [3.63, 3.8) is 0 Å². The summed E-state index contributed by atoms with van der Waals surface area (Å²) in [5.74, 6) is -4.16. The smallest absolute Gasteiger partial charge is 0.263 e. The number of nitrogen functional groups attached to an aromatic ring is 2. The molecular weight excluding hydrogens is 449 g/mol. The normalized spacial score (nSPS) is 14.0. The number of carbonyl (C=O) groups is 1. The summed E-state index contributed by atoms with van der Waals surface area (Å²) >= 11 is 0. The molecule has 178 valence electrons. The average molecular weight is 472 g/mol. The van der Waals surface area contributed by atoms with Crippen LogP contribution in [-0.2, 0) is 6.54 Å². The molecule has 0 saturated heterocycles. The van der Waals surface area contributed by atoms with Crippen LogP contribution in [0.5, 0.6) is 5.75 Å². The predicted molar refractivity (Wildman–Crippen MR) is 121 cm³/mol. The summed E-state index contributed by atoms with van der Waals surface area (Å²) in [6.45, 7) is -0.0588. The Balaban J connectivity index is 1.47. The van der Waals surface area contributed by atoms with Gasteiger partial charge >= 0.3 is 0 Å². The van der Waals surface area contributed by atoms with Gasteiger partial charge in [0.1, 0.15) is 17.9 Å². The van der Waals surface area contributed by atoms with E-state index in [0.29, 0.717) is 17.1 Å². The number of hydrogen-bond acceptors (Lipinski definition) is 5. The Labute approximate surface area is 193 Å². The number of nitrogens with zero attached hydrogens (tertiary/aromatic N) is 1. The maximum atomic E-state index is 13.5. The number of pyridine rings is 1. The largest absolute Gasteiger partial charge is 0.491 e. The molecule has 1 amide bonds. The molecule has 1 aromatic heterocycles. The fourth-order valence-corrected chi connectivity index (χ4v) is 3.60. The summed E-state index contributed by atoms with van der Waals surface area (Å²) in [7, 11) is 0. The lowest BCUT2D eigenvalue weighted by Crippen LogP contribution is -2.43. The van der Waals surface area contributed by atoms with Crippen molar-refractivity contribution in [3.05, 3.63) is 87.6 Å². The summed E-state index contributed by atoms with van der Waals surface area (Å²) in [4.78, 5) is 25.7. The molecule has 0 aliphatic heterocycles. The summed E-state index contributed by atoms with van der Waals surface area (Å²) in [5, 5.41) is 2.85. The Kier molecular flexibility index (Phi) is 6.49. The quantitative estimate of drug-likeness (QED) is 0.345. The van der Waals surface area contributed by atoms with Crippen LogP contribution in [0.25, 0.3) is 0 Å². The highest BCUT2D eigenvalue weighted by Gasteiger charge is 2.33. The van der Waals surface area contributed by atoms with Gasteiger partial charge in [0.15, 0.2) is 17.5 Å². The number of hydrogen-bond donors (Lipinski definition) is 3. The zero-order chi connectivity index (χ0) is 24.4. The van der Waals surface area contributed by atoms with Gasteiger partial charge in [-0.1, -0.05) is 0 Å². The molecule has 1 fully saturated rings. The molecule has 0 radical (unpaired) electrons. The van der Waals surface area contributed by atoms with E-state index in [1.165, 1.54) is 18.3 Å². The third-order valence-electron chi connectivity index (χ3n) is 5.66. The summed E-state index contributed by atoms with van der Waals surface area (Å²) in [6.07, 6.45) is 3.21. The first-order chi connectivity index (χ1) is 16.2. The summed E-state index contributed by atoms with van der Waals surface area (Å²) in [5.41, 5.74) is 11.6. The Morgan fingerprint density at radius 3 is 2.44 bits per heavy atom. The van der Waals surface area contributed by atoms with Crippen molar-refractivity contribution in [2.45, 2.75) is 25.4 Å². The van der Waals surface area contributed by atoms with Crippen LogP contribution >= 0.6 is 0 Å². The maximum absolute atomic E-state index is 13.5. The molecule has 3 aromatic rings. The number of carbonyl (C=O) groups excluding carboxylic acids is 1. The van der Waals surface area contributed by atoms with E-state index in [1.54, 1.807) is 18.2 Å². The lowest BCUT2D eigenvalue weighted by atomic mass is 10.1. The molecule has 4 rings (SSSR count). The third kappa shape index (κ3) is 5.16. The van der Waals surface area contributed by atoms with Crippen LogP contribution < -0.4 is 27.1 Å². The summed E-state index contributed by atoms with van der Waals surface area (Å²) < 4.78 is 47.1. The Hall–Kier alpha value is -3.95. The minimum Gasteiger partial charge on any atom is -0.491 e. The van der Waals surface area contributed by atoms with Gasteiger partial charge in [-0.05, 0) is 60.7 Å². The monoisotopic (exact) mass is 472 g/mol. The van der Waals surface area contributed by atoms with Gasteiger partial charge in [-0.15, -0.1) is 0 Å². The van der Waals surface area contributed by atoms with E-state index in [4.69, 9.17) is 16.2 Å². The fraction of sp³-hybridized carbons (Fsp3) is 0.250. The van der Waals surface area contributed by atoms with Crippen LogP contribution in [0.4, 0.5) is 24.5 Å². The highest BCUT2D eigenvalue weighted by Crippen LogP contribution is 2.33. The molecule has 34 heavy (non-hydrogen) atoms. The van der Waals surface area contributed by atoms with Gasteiger partial charge in [0, 0.05) is 12.3 Å². The number of aromatic nitrogens is 1. The SMILES string of the molecule is Nc1ccc(OC[C@H](NC(=O)c2cccn(Cc3cc(F)c(F)c(F)c3)c2=O)C2CC2)cc1N. The van der Waals surface area contributed by atoms with Gasteiger partial charge in [-0.2, -0.15) is 0 Å². The zero-order valence-electron chi connectivity index (χ0n) is 18.1. The second-order valence-electron chi connectivity index (χ2n) is 8.25. The van der Waals surface area contributed by atoms with Gasteiger partial charge in [0.05, 0.1) is 24.0 Å². The van der Waals surface area contributed by atoms with Gasteiger partial charge in [0.25, 0.3) is 11.5 Å². The highest BCUT2D eigenvalue weighted by molar-refractivity contribution is 5.94. The van der Waals surface area contributed by atoms with Gasteiger partial charge in [-0.25, -0.2) is 13.2 Å². The fourth-order valence-electron chi connectivity index (χ4n) is 3.60. The molecule has 2 aromatic carbocycles. The molecule has 7 nitrogen and oxygen atoms in total. The van der Waals surface area contributed by atoms with E-state index in [1.807, 2.05) is 0 Å². The first-order valence-electron chi connectivity index (χ1n) is 10.6. The molecule has 0 unspecified atom stereocenters. The van der Waals surface area contributed by atoms with Crippen molar-refractivity contribution < 1.29 is 22.7 Å². The molecule has 1 aliphatic carbocycles. The zero-order valence-corrected chi connectivity index (χ0v) is 18.1. The van der Waals surface area contributed by atoms with Gasteiger partial charge < -0.3 is 26.1 Å². The maximum Gasteiger partial charge on any atom is 0.263 e. The third-order valence-corrected chi connectivity index (χ3v) is 5.66. The molecule has 0 bridgehead atoms. The van der Waals surface area contributed by atoms with Crippen molar-refractivity contribution in [2.75, 3.05) is 18.1 Å². The number of nitrogens with two attached hydrogens (primary N) is 2. The number of halogens is 3. The summed E-state index contributed by atoms with van der Waals surface area (Å²) in [6, 6.07) is 9.02. The molecule has 1 aliphatic rings. The van der Waals surface area contributed by atoms with E-state index in [-0.39, 0.29) is 36.2 Å². The Bertz CT molecular complexity index is 1270. The lowest BCUT2D eigenvalue weighted by Gasteiger charge is -2.19. The van der Waals surface area contributed by atoms with Crippen LogP contribution in [0.1, 0.15) is 28.8 Å². The molecule has 1 atom stereocenters. The topological polar surface area (TPSA) is 112 Å². The highest BCUT2D eigenvalue weighted by atomic mass is 19.2. The second kappa shape index (κ2) is 9.50. The molecule has 5 N–H and O–H groups in total. The van der Waals surface area contributed by atoms with Gasteiger partial charge in [0.2, 0.25) is 0 Å². The lowest BCUT2D eigenvalue weighted by molar-refractivity contribution is 0.0912. The molecule has 0 spiro atoms. The van der Waals surface area contributed by atoms with E-state index in [9.17, 15) is 22.8 Å². The van der Waals surface area contributed by atoms with Crippen molar-refractivity contribution in [1.29, 1.82) is 0 Å². The minimum absolute atomic E-state index is 0.0445. The number of rotatable bonds is 8. The predicted octanol–water partition coefficient (Wildman–Crippen LogP) is 3.07. The van der Waals surface area contributed by atoms with Crippen molar-refractivity contribution in [3.8, 4) is 5.75 Å². The molecule has 10 heteroatoms. The first kappa shape index (κ1) is 23.2. The Morgan fingerprint density at radius 1 is 1.09 bits per heavy atom. The number of ether oxygens (including phenoxy) is 1. The number of amides is 1. The van der Waals surface area contributed by atoms with E-state index in [0.717, 1.165) is 29.5 Å². The van der Waals surface area contributed by atoms with Crippen molar-refractivity contribution in [2.24, 2.45) is 5.92 Å². The van der Waals surface area contributed by atoms with Crippen LogP contribution in [0, 0.1) is 23.4 Å². The van der Waals surface area contributed by atoms with Crippen molar-refractivity contribution >= 4 is 17.3 Å². The molecular formula is C24H23F3N4O3. The Morgan fingerprint density at radius 2 is 1.79 bits per heavy atom. The molecule has 1 saturated carbocycles. The van der Waals surface area contributed by atoms with Crippen LogP contribution in [-0.4, -0.2) is 23.1 Å². The van der Waals surface area contributed by atoms with Crippen molar-refractivity contribution in [1.82, 2.24) is 9.88 Å². The first-order valence-corrected chi connectivity index (χ1v) is 10.6. The number of anilines is 2. The van der Waals surface area contributed by atoms with Crippen LogP contribution in [0.2, 0.25) is 0 Å². The standard InChI is InChI=1S/C24H23F3N4O3/c25-17-8-13(9-18(26)22(17)27)11-31-7-1-2-16(24(31)33)23(32)30-21(14-3-4-14)12-34-15-5-6-19(28)20(29)10-15/h1-2,5-10,14,21H,3-4,11-12,28-29H2,(H,30,32)/t21-/m0/s1. The van der Waals surface area contributed by atoms with E-state index >= 15 is 0 Å². The van der Waals surface area contributed by atoms with E-state index < -0.39 is 28.9 Å².